The number of rotatable bonds is 4. The SMILES string of the molecule is Cc1nc(Cl)nc(NCc2nccs2)c1[N+](=O)[O-]. The van der Waals surface area contributed by atoms with Crippen LogP contribution in [0.5, 0.6) is 0 Å². The second kappa shape index (κ2) is 5.23. The van der Waals surface area contributed by atoms with Crippen molar-refractivity contribution >= 4 is 34.4 Å². The van der Waals surface area contributed by atoms with Crippen LogP contribution in [0.4, 0.5) is 11.5 Å². The summed E-state index contributed by atoms with van der Waals surface area (Å²) in [6, 6.07) is 0. The summed E-state index contributed by atoms with van der Waals surface area (Å²) in [5.41, 5.74) is 0.0533. The molecule has 0 spiro atoms. The lowest BCUT2D eigenvalue weighted by atomic mass is 10.3. The third kappa shape index (κ3) is 2.71. The highest BCUT2D eigenvalue weighted by molar-refractivity contribution is 7.09. The number of aryl methyl sites for hydroxylation is 1. The van der Waals surface area contributed by atoms with E-state index in [9.17, 15) is 10.1 Å². The number of thiazole rings is 1. The molecular formula is C9H8ClN5O2S. The van der Waals surface area contributed by atoms with Gasteiger partial charge in [-0.1, -0.05) is 0 Å². The van der Waals surface area contributed by atoms with Crippen molar-refractivity contribution in [3.05, 3.63) is 37.7 Å². The van der Waals surface area contributed by atoms with Crippen LogP contribution in [-0.2, 0) is 6.54 Å². The Bertz CT molecular complexity index is 575. The van der Waals surface area contributed by atoms with Gasteiger partial charge in [0.15, 0.2) is 0 Å². The summed E-state index contributed by atoms with van der Waals surface area (Å²) in [6.07, 6.45) is 1.66. The minimum atomic E-state index is -0.532. The lowest BCUT2D eigenvalue weighted by molar-refractivity contribution is -0.385. The van der Waals surface area contributed by atoms with E-state index in [4.69, 9.17) is 11.6 Å². The molecule has 2 heterocycles. The Balaban J connectivity index is 2.28. The van der Waals surface area contributed by atoms with Gasteiger partial charge in [0.2, 0.25) is 11.1 Å². The molecule has 0 bridgehead atoms. The highest BCUT2D eigenvalue weighted by Crippen LogP contribution is 2.26. The van der Waals surface area contributed by atoms with Crippen LogP contribution in [0, 0.1) is 17.0 Å². The Morgan fingerprint density at radius 1 is 1.56 bits per heavy atom. The van der Waals surface area contributed by atoms with Crippen LogP contribution in [0.3, 0.4) is 0 Å². The number of hydrogen-bond acceptors (Lipinski definition) is 7. The van der Waals surface area contributed by atoms with Gasteiger partial charge in [-0.25, -0.2) is 9.97 Å². The quantitative estimate of drug-likeness (QED) is 0.527. The fourth-order valence-corrected chi connectivity index (χ4v) is 2.14. The molecule has 7 nitrogen and oxygen atoms in total. The van der Waals surface area contributed by atoms with E-state index in [1.54, 1.807) is 6.20 Å². The lowest BCUT2D eigenvalue weighted by Gasteiger charge is -2.06. The molecule has 0 saturated carbocycles. The first-order chi connectivity index (χ1) is 8.58. The van der Waals surface area contributed by atoms with Crippen molar-refractivity contribution in [3.63, 3.8) is 0 Å². The molecule has 0 saturated heterocycles. The van der Waals surface area contributed by atoms with Gasteiger partial charge in [0.1, 0.15) is 10.7 Å². The van der Waals surface area contributed by atoms with Crippen LogP contribution in [0.1, 0.15) is 10.7 Å². The molecule has 0 aliphatic carbocycles. The van der Waals surface area contributed by atoms with Crippen LogP contribution >= 0.6 is 22.9 Å². The summed E-state index contributed by atoms with van der Waals surface area (Å²) >= 11 is 7.13. The number of nitro groups is 1. The number of anilines is 1. The smallest absolute Gasteiger partial charge is 0.332 e. The number of halogens is 1. The van der Waals surface area contributed by atoms with Gasteiger partial charge in [-0.2, -0.15) is 4.98 Å². The van der Waals surface area contributed by atoms with Crippen molar-refractivity contribution in [2.75, 3.05) is 5.32 Å². The summed E-state index contributed by atoms with van der Waals surface area (Å²) in [7, 11) is 0. The average Bonchev–Trinajstić information content (AvgIpc) is 2.77. The molecule has 2 aromatic rings. The van der Waals surface area contributed by atoms with E-state index in [0.717, 1.165) is 5.01 Å². The summed E-state index contributed by atoms with van der Waals surface area (Å²) < 4.78 is 0. The van der Waals surface area contributed by atoms with Crippen LogP contribution in [0.15, 0.2) is 11.6 Å². The summed E-state index contributed by atoms with van der Waals surface area (Å²) in [6.45, 7) is 1.87. The van der Waals surface area contributed by atoms with Crippen molar-refractivity contribution in [2.24, 2.45) is 0 Å². The molecule has 0 unspecified atom stereocenters. The maximum atomic E-state index is 10.9. The van der Waals surface area contributed by atoms with Crippen molar-refractivity contribution in [1.29, 1.82) is 0 Å². The fraction of sp³-hybridized carbons (Fsp3) is 0.222. The first-order valence-electron chi connectivity index (χ1n) is 4.88. The van der Waals surface area contributed by atoms with E-state index in [2.05, 4.69) is 20.3 Å². The molecular weight excluding hydrogens is 278 g/mol. The third-order valence-electron chi connectivity index (χ3n) is 2.10. The molecule has 0 radical (unpaired) electrons. The minimum Gasteiger partial charge on any atom is -0.358 e. The molecule has 0 fully saturated rings. The molecule has 0 aromatic carbocycles. The molecule has 9 heteroatoms. The highest BCUT2D eigenvalue weighted by atomic mass is 35.5. The first kappa shape index (κ1) is 12.7. The van der Waals surface area contributed by atoms with Gasteiger partial charge in [0, 0.05) is 11.6 Å². The van der Waals surface area contributed by atoms with Gasteiger partial charge < -0.3 is 5.32 Å². The molecule has 0 aliphatic rings. The Kier molecular flexibility index (Phi) is 3.68. The molecule has 0 atom stereocenters. The predicted molar refractivity (Wildman–Crippen MR) is 67.9 cm³/mol. The zero-order chi connectivity index (χ0) is 13.1. The molecule has 2 aromatic heterocycles. The molecule has 2 rings (SSSR count). The van der Waals surface area contributed by atoms with Gasteiger partial charge >= 0.3 is 5.69 Å². The van der Waals surface area contributed by atoms with Crippen LogP contribution in [0.2, 0.25) is 5.28 Å². The van der Waals surface area contributed by atoms with E-state index < -0.39 is 4.92 Å². The first-order valence-corrected chi connectivity index (χ1v) is 6.14. The Morgan fingerprint density at radius 3 is 2.94 bits per heavy atom. The molecule has 94 valence electrons. The fourth-order valence-electron chi connectivity index (χ4n) is 1.37. The van der Waals surface area contributed by atoms with Crippen LogP contribution in [-0.4, -0.2) is 19.9 Å². The second-order valence-electron chi connectivity index (χ2n) is 3.31. The summed E-state index contributed by atoms with van der Waals surface area (Å²) in [4.78, 5) is 22.1. The van der Waals surface area contributed by atoms with E-state index in [-0.39, 0.29) is 22.5 Å². The Hall–Kier alpha value is -1.80. The van der Waals surface area contributed by atoms with Gasteiger partial charge in [-0.05, 0) is 18.5 Å². The second-order valence-corrected chi connectivity index (χ2v) is 4.63. The summed E-state index contributed by atoms with van der Waals surface area (Å²) in [5, 5.41) is 16.4. The van der Waals surface area contributed by atoms with E-state index in [1.807, 2.05) is 5.38 Å². The highest BCUT2D eigenvalue weighted by Gasteiger charge is 2.21. The van der Waals surface area contributed by atoms with Crippen molar-refractivity contribution in [3.8, 4) is 0 Å². The lowest BCUT2D eigenvalue weighted by Crippen LogP contribution is -2.07. The van der Waals surface area contributed by atoms with Crippen molar-refractivity contribution in [1.82, 2.24) is 15.0 Å². The number of nitrogens with one attached hydrogen (secondary N) is 1. The topological polar surface area (TPSA) is 93.8 Å². The largest absolute Gasteiger partial charge is 0.358 e. The van der Waals surface area contributed by atoms with E-state index in [0.29, 0.717) is 6.54 Å². The van der Waals surface area contributed by atoms with Crippen molar-refractivity contribution < 1.29 is 4.92 Å². The average molecular weight is 286 g/mol. The Labute approximate surface area is 111 Å². The van der Waals surface area contributed by atoms with Crippen LogP contribution < -0.4 is 5.32 Å². The monoisotopic (exact) mass is 285 g/mol. The number of aromatic nitrogens is 3. The minimum absolute atomic E-state index is 0.0280. The molecule has 0 aliphatic heterocycles. The van der Waals surface area contributed by atoms with Gasteiger partial charge in [-0.15, -0.1) is 11.3 Å². The van der Waals surface area contributed by atoms with E-state index >= 15 is 0 Å². The standard InChI is InChI=1S/C9H8ClN5O2S/c1-5-7(15(16)17)8(14-9(10)13-5)12-4-6-11-2-3-18-6/h2-3H,4H2,1H3,(H,12,13,14). The maximum Gasteiger partial charge on any atom is 0.332 e. The molecule has 0 amide bonds. The van der Waals surface area contributed by atoms with Gasteiger partial charge in [0.25, 0.3) is 0 Å². The zero-order valence-corrected chi connectivity index (χ0v) is 10.8. The third-order valence-corrected chi connectivity index (χ3v) is 3.05. The number of nitrogens with zero attached hydrogens (tertiary/aromatic N) is 4. The molecule has 18 heavy (non-hydrogen) atoms. The van der Waals surface area contributed by atoms with Gasteiger partial charge in [-0.3, -0.25) is 10.1 Å². The van der Waals surface area contributed by atoms with Crippen LogP contribution in [0.25, 0.3) is 0 Å². The van der Waals surface area contributed by atoms with Gasteiger partial charge in [0.05, 0.1) is 11.5 Å². The normalized spacial score (nSPS) is 10.3. The number of hydrogen-bond donors (Lipinski definition) is 1. The molecule has 1 N–H and O–H groups in total. The maximum absolute atomic E-state index is 10.9. The predicted octanol–water partition coefficient (Wildman–Crippen LogP) is 2.42. The summed E-state index contributed by atoms with van der Waals surface area (Å²) in [5.74, 6) is 0.104. The Morgan fingerprint density at radius 2 is 2.33 bits per heavy atom. The van der Waals surface area contributed by atoms with E-state index in [1.165, 1.54) is 18.3 Å². The van der Waals surface area contributed by atoms with Crippen molar-refractivity contribution in [2.45, 2.75) is 13.5 Å². The zero-order valence-electron chi connectivity index (χ0n) is 9.25.